The van der Waals surface area contributed by atoms with Crippen LogP contribution in [0.2, 0.25) is 0 Å². The molecule has 0 bridgehead atoms. The largest absolute Gasteiger partial charge is 0.497 e. The van der Waals surface area contributed by atoms with Crippen LogP contribution in [-0.2, 0) is 6.54 Å². The fourth-order valence-electron chi connectivity index (χ4n) is 1.66. The standard InChI is InChI=1S/C13H15N3O/c1-9-15-11(8-14)7-13(16-9)10-4-3-5-12(6-10)17-2/h3-7H,8,14H2,1-2H3. The van der Waals surface area contributed by atoms with Crippen molar-refractivity contribution in [2.75, 3.05) is 7.11 Å². The molecule has 0 amide bonds. The minimum atomic E-state index is 0.417. The van der Waals surface area contributed by atoms with E-state index in [1.807, 2.05) is 37.3 Å². The summed E-state index contributed by atoms with van der Waals surface area (Å²) in [6.45, 7) is 2.28. The SMILES string of the molecule is COc1cccc(-c2cc(CN)nc(C)n2)c1. The zero-order chi connectivity index (χ0) is 12.3. The molecule has 17 heavy (non-hydrogen) atoms. The highest BCUT2D eigenvalue weighted by atomic mass is 16.5. The summed E-state index contributed by atoms with van der Waals surface area (Å²) in [6.07, 6.45) is 0. The van der Waals surface area contributed by atoms with Crippen molar-refractivity contribution >= 4 is 0 Å². The normalized spacial score (nSPS) is 10.3. The number of methoxy groups -OCH3 is 1. The molecule has 0 saturated carbocycles. The van der Waals surface area contributed by atoms with Gasteiger partial charge >= 0.3 is 0 Å². The van der Waals surface area contributed by atoms with Crippen LogP contribution >= 0.6 is 0 Å². The zero-order valence-corrected chi connectivity index (χ0v) is 9.97. The maximum Gasteiger partial charge on any atom is 0.126 e. The van der Waals surface area contributed by atoms with Crippen molar-refractivity contribution in [1.29, 1.82) is 0 Å². The lowest BCUT2D eigenvalue weighted by Crippen LogP contribution is -2.03. The second-order valence-corrected chi connectivity index (χ2v) is 3.73. The predicted octanol–water partition coefficient (Wildman–Crippen LogP) is 1.92. The predicted molar refractivity (Wildman–Crippen MR) is 66.6 cm³/mol. The molecule has 88 valence electrons. The van der Waals surface area contributed by atoms with Crippen molar-refractivity contribution in [2.24, 2.45) is 5.73 Å². The molecule has 2 rings (SSSR count). The monoisotopic (exact) mass is 229 g/mol. The Morgan fingerprint density at radius 2 is 2.06 bits per heavy atom. The van der Waals surface area contributed by atoms with Crippen LogP contribution in [0.15, 0.2) is 30.3 Å². The first kappa shape index (κ1) is 11.5. The Morgan fingerprint density at radius 3 is 2.76 bits per heavy atom. The highest BCUT2D eigenvalue weighted by Crippen LogP contribution is 2.22. The fraction of sp³-hybridized carbons (Fsp3) is 0.231. The Balaban J connectivity index is 2.47. The molecule has 0 aliphatic heterocycles. The molecule has 1 aromatic heterocycles. The van der Waals surface area contributed by atoms with Gasteiger partial charge in [0.1, 0.15) is 11.6 Å². The molecular formula is C13H15N3O. The second-order valence-electron chi connectivity index (χ2n) is 3.73. The molecule has 2 aromatic rings. The van der Waals surface area contributed by atoms with Gasteiger partial charge in [-0.05, 0) is 25.1 Å². The Hall–Kier alpha value is -1.94. The topological polar surface area (TPSA) is 61.0 Å². The fourth-order valence-corrected chi connectivity index (χ4v) is 1.66. The average Bonchev–Trinajstić information content (AvgIpc) is 2.38. The summed E-state index contributed by atoms with van der Waals surface area (Å²) in [6, 6.07) is 9.68. The third-order valence-electron chi connectivity index (χ3n) is 2.47. The summed E-state index contributed by atoms with van der Waals surface area (Å²) >= 11 is 0. The summed E-state index contributed by atoms with van der Waals surface area (Å²) < 4.78 is 5.20. The van der Waals surface area contributed by atoms with E-state index in [9.17, 15) is 0 Å². The third-order valence-corrected chi connectivity index (χ3v) is 2.47. The van der Waals surface area contributed by atoms with Gasteiger partial charge in [-0.15, -0.1) is 0 Å². The Labute approximate surface area is 100 Å². The second kappa shape index (κ2) is 4.93. The van der Waals surface area contributed by atoms with Gasteiger partial charge in [-0.3, -0.25) is 0 Å². The summed E-state index contributed by atoms with van der Waals surface area (Å²) in [4.78, 5) is 8.66. The number of hydrogen-bond donors (Lipinski definition) is 1. The molecule has 0 fully saturated rings. The van der Waals surface area contributed by atoms with Crippen LogP contribution in [0.4, 0.5) is 0 Å². The van der Waals surface area contributed by atoms with E-state index in [0.29, 0.717) is 6.54 Å². The number of benzene rings is 1. The van der Waals surface area contributed by atoms with Gasteiger partial charge in [0.2, 0.25) is 0 Å². The van der Waals surface area contributed by atoms with E-state index in [1.165, 1.54) is 0 Å². The highest BCUT2D eigenvalue weighted by Gasteiger charge is 2.04. The zero-order valence-electron chi connectivity index (χ0n) is 9.97. The lowest BCUT2D eigenvalue weighted by molar-refractivity contribution is 0.415. The number of aromatic nitrogens is 2. The Kier molecular flexibility index (Phi) is 3.35. The molecule has 0 aliphatic carbocycles. The van der Waals surface area contributed by atoms with Gasteiger partial charge in [-0.25, -0.2) is 9.97 Å². The number of aryl methyl sites for hydroxylation is 1. The average molecular weight is 229 g/mol. The van der Waals surface area contributed by atoms with E-state index in [1.54, 1.807) is 7.11 Å². The van der Waals surface area contributed by atoms with Crippen LogP contribution in [0, 0.1) is 6.92 Å². The first-order chi connectivity index (χ1) is 8.22. The van der Waals surface area contributed by atoms with Crippen LogP contribution in [0.5, 0.6) is 5.75 Å². The molecule has 2 N–H and O–H groups in total. The smallest absolute Gasteiger partial charge is 0.126 e. The van der Waals surface area contributed by atoms with Crippen molar-refractivity contribution in [1.82, 2.24) is 9.97 Å². The van der Waals surface area contributed by atoms with Crippen LogP contribution in [-0.4, -0.2) is 17.1 Å². The molecule has 4 nitrogen and oxygen atoms in total. The maximum atomic E-state index is 5.61. The molecule has 1 heterocycles. The van der Waals surface area contributed by atoms with E-state index in [0.717, 1.165) is 28.5 Å². The summed E-state index contributed by atoms with van der Waals surface area (Å²) in [5, 5.41) is 0. The van der Waals surface area contributed by atoms with Gasteiger partial charge < -0.3 is 10.5 Å². The molecule has 0 unspecified atom stereocenters. The third kappa shape index (κ3) is 2.60. The van der Waals surface area contributed by atoms with Gasteiger partial charge in [0.15, 0.2) is 0 Å². The summed E-state index contributed by atoms with van der Waals surface area (Å²) in [5.41, 5.74) is 8.33. The maximum absolute atomic E-state index is 5.61. The van der Waals surface area contributed by atoms with Gasteiger partial charge in [-0.1, -0.05) is 12.1 Å². The van der Waals surface area contributed by atoms with E-state index < -0.39 is 0 Å². The molecule has 4 heteroatoms. The van der Waals surface area contributed by atoms with E-state index in [-0.39, 0.29) is 0 Å². The number of nitrogens with zero attached hydrogens (tertiary/aromatic N) is 2. The first-order valence-electron chi connectivity index (χ1n) is 5.42. The van der Waals surface area contributed by atoms with E-state index >= 15 is 0 Å². The lowest BCUT2D eigenvalue weighted by Gasteiger charge is -2.06. The van der Waals surface area contributed by atoms with E-state index in [2.05, 4.69) is 9.97 Å². The van der Waals surface area contributed by atoms with Crippen molar-refractivity contribution in [3.8, 4) is 17.0 Å². The number of nitrogens with two attached hydrogens (primary N) is 1. The Bertz CT molecular complexity index is 526. The van der Waals surface area contributed by atoms with Crippen LogP contribution in [0.1, 0.15) is 11.5 Å². The van der Waals surface area contributed by atoms with Crippen molar-refractivity contribution in [2.45, 2.75) is 13.5 Å². The summed E-state index contributed by atoms with van der Waals surface area (Å²) in [7, 11) is 1.65. The lowest BCUT2D eigenvalue weighted by atomic mass is 10.1. The molecular weight excluding hydrogens is 214 g/mol. The van der Waals surface area contributed by atoms with Crippen LogP contribution < -0.4 is 10.5 Å². The van der Waals surface area contributed by atoms with Crippen LogP contribution in [0.3, 0.4) is 0 Å². The number of rotatable bonds is 3. The van der Waals surface area contributed by atoms with Crippen molar-refractivity contribution in [3.63, 3.8) is 0 Å². The van der Waals surface area contributed by atoms with Gasteiger partial charge in [0.05, 0.1) is 18.5 Å². The molecule has 0 spiro atoms. The summed E-state index contributed by atoms with van der Waals surface area (Å²) in [5.74, 6) is 1.54. The molecule has 0 aliphatic rings. The van der Waals surface area contributed by atoms with E-state index in [4.69, 9.17) is 10.5 Å². The minimum absolute atomic E-state index is 0.417. The highest BCUT2D eigenvalue weighted by molar-refractivity contribution is 5.61. The first-order valence-corrected chi connectivity index (χ1v) is 5.42. The van der Waals surface area contributed by atoms with Gasteiger partial charge in [-0.2, -0.15) is 0 Å². The van der Waals surface area contributed by atoms with Crippen molar-refractivity contribution < 1.29 is 4.74 Å². The molecule has 0 saturated heterocycles. The van der Waals surface area contributed by atoms with Crippen molar-refractivity contribution in [3.05, 3.63) is 41.9 Å². The quantitative estimate of drug-likeness (QED) is 0.873. The van der Waals surface area contributed by atoms with Crippen LogP contribution in [0.25, 0.3) is 11.3 Å². The number of ether oxygens (including phenoxy) is 1. The minimum Gasteiger partial charge on any atom is -0.497 e. The Morgan fingerprint density at radius 1 is 1.24 bits per heavy atom. The number of hydrogen-bond acceptors (Lipinski definition) is 4. The molecule has 1 aromatic carbocycles. The molecule has 0 radical (unpaired) electrons. The molecule has 0 atom stereocenters. The van der Waals surface area contributed by atoms with Gasteiger partial charge in [0.25, 0.3) is 0 Å². The van der Waals surface area contributed by atoms with Gasteiger partial charge in [0, 0.05) is 12.1 Å².